The fourth-order valence-electron chi connectivity index (χ4n) is 1.91. The van der Waals surface area contributed by atoms with Crippen molar-refractivity contribution in [1.29, 1.82) is 0 Å². The Morgan fingerprint density at radius 2 is 1.94 bits per heavy atom. The molecular weight excluding hydrogens is 228 g/mol. The molecule has 2 heterocycles. The largest absolute Gasteiger partial charge is 0.443 e. The average molecular weight is 235 g/mol. The molecule has 0 bridgehead atoms. The summed E-state index contributed by atoms with van der Waals surface area (Å²) in [6.07, 6.45) is 1.40. The van der Waals surface area contributed by atoms with Gasteiger partial charge in [-0.05, 0) is 24.3 Å². The minimum absolute atomic E-state index is 0.537. The molecule has 0 aliphatic carbocycles. The highest BCUT2D eigenvalue weighted by Crippen LogP contribution is 2.26. The zero-order valence-electron chi connectivity index (χ0n) is 9.25. The molecule has 4 nitrogen and oxygen atoms in total. The molecule has 0 aliphatic rings. The summed E-state index contributed by atoms with van der Waals surface area (Å²) in [4.78, 5) is 8.46. The Hall–Kier alpha value is -2.62. The van der Waals surface area contributed by atoms with Crippen LogP contribution in [0, 0.1) is 6.07 Å². The lowest BCUT2D eigenvalue weighted by molar-refractivity contribution is 0.600. The van der Waals surface area contributed by atoms with Crippen LogP contribution in [0.5, 0.6) is 0 Å². The van der Waals surface area contributed by atoms with Gasteiger partial charge in [-0.3, -0.25) is 0 Å². The third-order valence-electron chi connectivity index (χ3n) is 2.78. The smallest absolute Gasteiger partial charge is 0.228 e. The van der Waals surface area contributed by atoms with Crippen LogP contribution >= 0.6 is 0 Å². The quantitative estimate of drug-likeness (QED) is 0.507. The number of aromatic nitrogens is 2. The molecule has 0 N–H and O–H groups in total. The molecule has 4 aromatic rings. The second kappa shape index (κ2) is 3.43. The summed E-state index contributed by atoms with van der Waals surface area (Å²) in [5.41, 5.74) is 3.73. The van der Waals surface area contributed by atoms with Crippen molar-refractivity contribution < 1.29 is 8.83 Å². The second-order valence-electron chi connectivity index (χ2n) is 3.93. The predicted molar refractivity (Wildman–Crippen MR) is 65.8 cm³/mol. The van der Waals surface area contributed by atoms with E-state index in [0.717, 1.165) is 22.2 Å². The van der Waals surface area contributed by atoms with E-state index in [9.17, 15) is 0 Å². The molecule has 4 heteroatoms. The van der Waals surface area contributed by atoms with Gasteiger partial charge in [0.05, 0.1) is 0 Å². The Bertz CT molecular complexity index is 812. The van der Waals surface area contributed by atoms with Crippen molar-refractivity contribution in [2.45, 2.75) is 0 Å². The first-order valence-electron chi connectivity index (χ1n) is 5.52. The summed E-state index contributed by atoms with van der Waals surface area (Å²) in [6, 6.07) is 14.5. The second-order valence-corrected chi connectivity index (χ2v) is 3.93. The van der Waals surface area contributed by atoms with Crippen LogP contribution in [0.25, 0.3) is 33.7 Å². The highest BCUT2D eigenvalue weighted by molar-refractivity contribution is 5.80. The standard InChI is InChI=1S/C14H7N2O2/c1-2-4-12-11(3-1)16-14(18-12)9-5-6-10-13(7-9)17-8-15-10/h1-6,8H. The summed E-state index contributed by atoms with van der Waals surface area (Å²) >= 11 is 0. The molecule has 0 fully saturated rings. The normalized spacial score (nSPS) is 11.3. The van der Waals surface area contributed by atoms with Crippen LogP contribution in [0.3, 0.4) is 0 Å². The van der Waals surface area contributed by atoms with Gasteiger partial charge in [0.1, 0.15) is 11.0 Å². The van der Waals surface area contributed by atoms with E-state index in [-0.39, 0.29) is 0 Å². The van der Waals surface area contributed by atoms with Crippen LogP contribution in [0.15, 0.2) is 51.6 Å². The van der Waals surface area contributed by atoms with Crippen LogP contribution in [0.4, 0.5) is 0 Å². The van der Waals surface area contributed by atoms with Gasteiger partial charge < -0.3 is 8.83 Å². The SMILES string of the molecule is [c]1c(-c2nc3ccccc3o2)ccc2ncoc12. The minimum Gasteiger partial charge on any atom is -0.443 e. The Kier molecular flexibility index (Phi) is 1.80. The number of hydrogen-bond acceptors (Lipinski definition) is 4. The molecule has 4 rings (SSSR count). The molecule has 0 unspecified atom stereocenters. The van der Waals surface area contributed by atoms with E-state index < -0.39 is 0 Å². The zero-order valence-corrected chi connectivity index (χ0v) is 9.25. The number of hydrogen-bond donors (Lipinski definition) is 0. The Morgan fingerprint density at radius 1 is 1.00 bits per heavy atom. The molecule has 0 spiro atoms. The molecule has 85 valence electrons. The predicted octanol–water partition coefficient (Wildman–Crippen LogP) is 3.44. The molecule has 0 aliphatic heterocycles. The molecule has 2 aromatic carbocycles. The summed E-state index contributed by atoms with van der Waals surface area (Å²) in [6.45, 7) is 0. The van der Waals surface area contributed by atoms with E-state index in [1.165, 1.54) is 6.39 Å². The van der Waals surface area contributed by atoms with Gasteiger partial charge in [0, 0.05) is 11.6 Å². The Labute approximate surface area is 102 Å². The van der Waals surface area contributed by atoms with E-state index in [1.54, 1.807) is 0 Å². The van der Waals surface area contributed by atoms with E-state index in [1.807, 2.05) is 36.4 Å². The van der Waals surface area contributed by atoms with Gasteiger partial charge in [-0.25, -0.2) is 9.97 Å². The van der Waals surface area contributed by atoms with Gasteiger partial charge in [0.15, 0.2) is 17.6 Å². The number of nitrogens with zero attached hydrogens (tertiary/aromatic N) is 2. The van der Waals surface area contributed by atoms with Gasteiger partial charge in [0.25, 0.3) is 0 Å². The average Bonchev–Trinajstić information content (AvgIpc) is 3.04. The van der Waals surface area contributed by atoms with E-state index in [2.05, 4.69) is 16.0 Å². The topological polar surface area (TPSA) is 52.1 Å². The van der Waals surface area contributed by atoms with Crippen LogP contribution < -0.4 is 0 Å². The number of rotatable bonds is 1. The van der Waals surface area contributed by atoms with Crippen LogP contribution in [0.2, 0.25) is 0 Å². The maximum Gasteiger partial charge on any atom is 0.228 e. The molecule has 18 heavy (non-hydrogen) atoms. The summed E-state index contributed by atoms with van der Waals surface area (Å²) in [5, 5.41) is 0. The van der Waals surface area contributed by atoms with Crippen molar-refractivity contribution in [3.8, 4) is 11.5 Å². The number of fused-ring (bicyclic) bond motifs is 2. The van der Waals surface area contributed by atoms with Crippen LogP contribution in [-0.2, 0) is 0 Å². The number of para-hydroxylation sites is 2. The van der Waals surface area contributed by atoms with Crippen molar-refractivity contribution in [1.82, 2.24) is 9.97 Å². The first-order chi connectivity index (χ1) is 8.90. The van der Waals surface area contributed by atoms with Crippen molar-refractivity contribution >= 4 is 22.2 Å². The van der Waals surface area contributed by atoms with Gasteiger partial charge in [-0.1, -0.05) is 12.1 Å². The van der Waals surface area contributed by atoms with Crippen LogP contribution in [-0.4, -0.2) is 9.97 Å². The van der Waals surface area contributed by atoms with E-state index in [0.29, 0.717) is 11.5 Å². The minimum atomic E-state index is 0.537. The van der Waals surface area contributed by atoms with Crippen molar-refractivity contribution in [3.63, 3.8) is 0 Å². The van der Waals surface area contributed by atoms with Gasteiger partial charge in [0.2, 0.25) is 5.89 Å². The molecular formula is C14H7N2O2. The van der Waals surface area contributed by atoms with Gasteiger partial charge >= 0.3 is 0 Å². The van der Waals surface area contributed by atoms with Gasteiger partial charge in [-0.15, -0.1) is 0 Å². The third-order valence-corrected chi connectivity index (χ3v) is 2.78. The highest BCUT2D eigenvalue weighted by atomic mass is 16.3. The van der Waals surface area contributed by atoms with E-state index >= 15 is 0 Å². The zero-order chi connectivity index (χ0) is 11.9. The van der Waals surface area contributed by atoms with E-state index in [4.69, 9.17) is 8.83 Å². The molecule has 0 saturated carbocycles. The van der Waals surface area contributed by atoms with Crippen molar-refractivity contribution in [3.05, 3.63) is 48.9 Å². The lowest BCUT2D eigenvalue weighted by Gasteiger charge is -1.92. The Morgan fingerprint density at radius 3 is 2.89 bits per heavy atom. The number of benzene rings is 2. The number of oxazole rings is 2. The maximum absolute atomic E-state index is 5.68. The monoisotopic (exact) mass is 235 g/mol. The van der Waals surface area contributed by atoms with Crippen molar-refractivity contribution in [2.75, 3.05) is 0 Å². The van der Waals surface area contributed by atoms with Crippen molar-refractivity contribution in [2.24, 2.45) is 0 Å². The summed E-state index contributed by atoms with van der Waals surface area (Å²) in [5.74, 6) is 0.537. The first-order valence-corrected chi connectivity index (χ1v) is 5.52. The Balaban J connectivity index is 1.94. The highest BCUT2D eigenvalue weighted by Gasteiger charge is 2.09. The molecule has 0 saturated heterocycles. The first kappa shape index (κ1) is 9.41. The summed E-state index contributed by atoms with van der Waals surface area (Å²) in [7, 11) is 0. The maximum atomic E-state index is 5.68. The fraction of sp³-hybridized carbons (Fsp3) is 0. The summed E-state index contributed by atoms with van der Waals surface area (Å²) < 4.78 is 10.9. The third kappa shape index (κ3) is 1.32. The van der Waals surface area contributed by atoms with Crippen LogP contribution in [0.1, 0.15) is 0 Å². The molecule has 0 atom stereocenters. The molecule has 2 aromatic heterocycles. The lowest BCUT2D eigenvalue weighted by atomic mass is 10.2. The lowest BCUT2D eigenvalue weighted by Crippen LogP contribution is -1.77. The fourth-order valence-corrected chi connectivity index (χ4v) is 1.91. The van der Waals surface area contributed by atoms with Gasteiger partial charge in [-0.2, -0.15) is 0 Å². The molecule has 1 radical (unpaired) electrons. The molecule has 0 amide bonds.